The Labute approximate surface area is 191 Å². The Balaban J connectivity index is 1.47. The van der Waals surface area contributed by atoms with Crippen LogP contribution >= 0.6 is 0 Å². The lowest BCUT2D eigenvalue weighted by atomic mass is 9.96. The van der Waals surface area contributed by atoms with Gasteiger partial charge < -0.3 is 15.5 Å². The van der Waals surface area contributed by atoms with Crippen LogP contribution in [0.4, 0.5) is 5.69 Å². The molecule has 1 heterocycles. The molecule has 0 spiro atoms. The van der Waals surface area contributed by atoms with Crippen molar-refractivity contribution in [1.29, 1.82) is 0 Å². The zero-order chi connectivity index (χ0) is 22.5. The fraction of sp³-hybridized carbons (Fsp3) is 0.462. The van der Waals surface area contributed by atoms with E-state index >= 15 is 0 Å². The summed E-state index contributed by atoms with van der Waals surface area (Å²) >= 11 is 0. The zero-order valence-electron chi connectivity index (χ0n) is 19.1. The van der Waals surface area contributed by atoms with Crippen molar-refractivity contribution < 1.29 is 9.59 Å². The number of carbonyl (C=O) groups excluding carboxylic acids is 2. The maximum atomic E-state index is 12.5. The van der Waals surface area contributed by atoms with E-state index in [-0.39, 0.29) is 12.1 Å². The Kier molecular flexibility index (Phi) is 7.10. The summed E-state index contributed by atoms with van der Waals surface area (Å²) in [7, 11) is 4.05. The summed E-state index contributed by atoms with van der Waals surface area (Å²) in [4.78, 5) is 29.4. The summed E-state index contributed by atoms with van der Waals surface area (Å²) < 4.78 is 0. The van der Waals surface area contributed by atoms with Crippen molar-refractivity contribution in [1.82, 2.24) is 15.5 Å². The Morgan fingerprint density at radius 1 is 1.00 bits per heavy atom. The van der Waals surface area contributed by atoms with Crippen LogP contribution in [0.2, 0.25) is 0 Å². The third kappa shape index (κ3) is 5.30. The minimum atomic E-state index is -0.538. The van der Waals surface area contributed by atoms with Crippen LogP contribution in [-0.4, -0.2) is 49.9 Å². The molecule has 1 atom stereocenters. The maximum Gasteiger partial charge on any atom is 0.309 e. The van der Waals surface area contributed by atoms with Gasteiger partial charge in [-0.1, -0.05) is 49.2 Å². The minimum absolute atomic E-state index is 0.00259. The fourth-order valence-corrected chi connectivity index (χ4v) is 4.83. The lowest BCUT2D eigenvalue weighted by Gasteiger charge is -2.36. The van der Waals surface area contributed by atoms with Crippen molar-refractivity contribution in [2.75, 3.05) is 32.1 Å². The van der Waals surface area contributed by atoms with E-state index in [9.17, 15) is 9.59 Å². The van der Waals surface area contributed by atoms with Gasteiger partial charge in [-0.2, -0.15) is 0 Å². The van der Waals surface area contributed by atoms with Gasteiger partial charge in [0.05, 0.1) is 6.04 Å². The molecule has 1 saturated carbocycles. The molecule has 1 fully saturated rings. The largest absolute Gasteiger partial charge is 0.378 e. The van der Waals surface area contributed by atoms with Crippen LogP contribution in [0.15, 0.2) is 48.5 Å². The van der Waals surface area contributed by atoms with Crippen LogP contribution in [0.5, 0.6) is 0 Å². The molecule has 1 aliphatic carbocycles. The third-order valence-electron chi connectivity index (χ3n) is 6.75. The van der Waals surface area contributed by atoms with Crippen molar-refractivity contribution in [3.63, 3.8) is 0 Å². The first-order valence-corrected chi connectivity index (χ1v) is 11.7. The Morgan fingerprint density at radius 3 is 2.38 bits per heavy atom. The van der Waals surface area contributed by atoms with Crippen LogP contribution in [0.3, 0.4) is 0 Å². The van der Waals surface area contributed by atoms with Gasteiger partial charge in [-0.3, -0.25) is 14.5 Å². The van der Waals surface area contributed by atoms with Gasteiger partial charge in [-0.15, -0.1) is 0 Å². The quantitative estimate of drug-likeness (QED) is 0.686. The summed E-state index contributed by atoms with van der Waals surface area (Å²) in [6, 6.07) is 17.2. The molecule has 2 aromatic carbocycles. The highest BCUT2D eigenvalue weighted by molar-refractivity contribution is 6.35. The number of hydrogen-bond acceptors (Lipinski definition) is 4. The van der Waals surface area contributed by atoms with Gasteiger partial charge in [0.25, 0.3) is 0 Å². The summed E-state index contributed by atoms with van der Waals surface area (Å²) in [6.45, 7) is 2.15. The van der Waals surface area contributed by atoms with E-state index < -0.39 is 11.8 Å². The molecular formula is C26H34N4O2. The average Bonchev–Trinajstić information content (AvgIpc) is 3.32. The van der Waals surface area contributed by atoms with Crippen LogP contribution in [0, 0.1) is 0 Å². The van der Waals surface area contributed by atoms with Crippen molar-refractivity contribution in [3.8, 4) is 0 Å². The molecule has 0 unspecified atom stereocenters. The number of nitrogens with one attached hydrogen (secondary N) is 2. The molecule has 2 aromatic rings. The molecular weight excluding hydrogens is 400 g/mol. The lowest BCUT2D eigenvalue weighted by Crippen LogP contribution is -2.47. The first kappa shape index (κ1) is 22.3. The molecule has 2 amide bonds. The molecule has 32 heavy (non-hydrogen) atoms. The second-order valence-corrected chi connectivity index (χ2v) is 9.16. The van der Waals surface area contributed by atoms with E-state index in [0.29, 0.717) is 6.54 Å². The Bertz CT molecular complexity index is 935. The highest BCUT2D eigenvalue weighted by Crippen LogP contribution is 2.28. The SMILES string of the molecule is CN(C)c1ccc([C@H](CNC(=O)C(=O)NC2CCCC2)N2CCc3ccccc3C2)cc1. The maximum absolute atomic E-state index is 12.5. The van der Waals surface area contributed by atoms with Gasteiger partial charge in [-0.05, 0) is 48.1 Å². The normalized spacial score (nSPS) is 17.4. The van der Waals surface area contributed by atoms with Gasteiger partial charge in [0.1, 0.15) is 0 Å². The van der Waals surface area contributed by atoms with Gasteiger partial charge in [-0.25, -0.2) is 0 Å². The van der Waals surface area contributed by atoms with Crippen molar-refractivity contribution in [2.24, 2.45) is 0 Å². The van der Waals surface area contributed by atoms with E-state index in [1.165, 1.54) is 11.1 Å². The second-order valence-electron chi connectivity index (χ2n) is 9.16. The monoisotopic (exact) mass is 434 g/mol. The number of benzene rings is 2. The summed E-state index contributed by atoms with van der Waals surface area (Å²) in [6.07, 6.45) is 5.15. The predicted molar refractivity (Wildman–Crippen MR) is 127 cm³/mol. The van der Waals surface area contributed by atoms with E-state index in [1.54, 1.807) is 0 Å². The van der Waals surface area contributed by atoms with Crippen molar-refractivity contribution >= 4 is 17.5 Å². The summed E-state index contributed by atoms with van der Waals surface area (Å²) in [5.41, 5.74) is 5.01. The van der Waals surface area contributed by atoms with E-state index in [1.807, 2.05) is 14.1 Å². The fourth-order valence-electron chi connectivity index (χ4n) is 4.83. The van der Waals surface area contributed by atoms with Crippen molar-refractivity contribution in [2.45, 2.75) is 50.7 Å². The second kappa shape index (κ2) is 10.2. The highest BCUT2D eigenvalue weighted by Gasteiger charge is 2.27. The van der Waals surface area contributed by atoms with Gasteiger partial charge >= 0.3 is 11.8 Å². The minimum Gasteiger partial charge on any atom is -0.378 e. The number of anilines is 1. The number of rotatable bonds is 6. The van der Waals surface area contributed by atoms with Crippen molar-refractivity contribution in [3.05, 3.63) is 65.2 Å². The number of fused-ring (bicyclic) bond motifs is 1. The van der Waals surface area contributed by atoms with E-state index in [0.717, 1.165) is 56.4 Å². The molecule has 0 radical (unpaired) electrons. The van der Waals surface area contributed by atoms with Crippen LogP contribution in [-0.2, 0) is 22.6 Å². The Morgan fingerprint density at radius 2 is 1.69 bits per heavy atom. The first-order chi connectivity index (χ1) is 15.5. The number of amides is 2. The Hall–Kier alpha value is -2.86. The lowest BCUT2D eigenvalue weighted by molar-refractivity contribution is -0.139. The summed E-state index contributed by atoms with van der Waals surface area (Å²) in [5, 5.41) is 5.80. The smallest absolute Gasteiger partial charge is 0.309 e. The molecule has 6 heteroatoms. The van der Waals surface area contributed by atoms with Gasteiger partial charge in [0, 0.05) is 45.5 Å². The predicted octanol–water partition coefficient (Wildman–Crippen LogP) is 3.03. The molecule has 0 aromatic heterocycles. The molecule has 2 N–H and O–H groups in total. The van der Waals surface area contributed by atoms with Gasteiger partial charge in [0.15, 0.2) is 0 Å². The molecule has 4 rings (SSSR count). The van der Waals surface area contributed by atoms with Gasteiger partial charge in [0.2, 0.25) is 0 Å². The highest BCUT2D eigenvalue weighted by atomic mass is 16.2. The molecule has 2 aliphatic rings. The first-order valence-electron chi connectivity index (χ1n) is 11.7. The average molecular weight is 435 g/mol. The summed E-state index contributed by atoms with van der Waals surface area (Å²) in [5.74, 6) is -1.05. The zero-order valence-corrected chi connectivity index (χ0v) is 19.1. The molecule has 6 nitrogen and oxygen atoms in total. The van der Waals surface area contributed by atoms with Crippen LogP contribution in [0.1, 0.15) is 48.4 Å². The molecule has 0 bridgehead atoms. The molecule has 170 valence electrons. The van der Waals surface area contributed by atoms with Crippen LogP contribution < -0.4 is 15.5 Å². The number of nitrogens with zero attached hydrogens (tertiary/aromatic N) is 2. The van der Waals surface area contributed by atoms with Crippen LogP contribution in [0.25, 0.3) is 0 Å². The topological polar surface area (TPSA) is 64.7 Å². The molecule has 1 aliphatic heterocycles. The standard InChI is InChI=1S/C26H34N4O2/c1-29(2)23-13-11-20(12-14-23)24(30-16-15-19-7-3-4-8-21(19)18-30)17-27-25(31)26(32)28-22-9-5-6-10-22/h3-4,7-8,11-14,22,24H,5-6,9-10,15-18H2,1-2H3,(H,27,31)(H,28,32)/t24-/m0/s1. The van der Waals surface area contributed by atoms with E-state index in [4.69, 9.17) is 0 Å². The number of hydrogen-bond donors (Lipinski definition) is 2. The third-order valence-corrected chi connectivity index (χ3v) is 6.75. The number of carbonyl (C=O) groups is 2. The van der Waals surface area contributed by atoms with E-state index in [2.05, 4.69) is 69.0 Å². The molecule has 0 saturated heterocycles.